The summed E-state index contributed by atoms with van der Waals surface area (Å²) in [7, 11) is 3.19. The van der Waals surface area contributed by atoms with Crippen molar-refractivity contribution in [1.29, 1.82) is 0 Å². The monoisotopic (exact) mass is 382 g/mol. The van der Waals surface area contributed by atoms with Crippen LogP contribution in [0.3, 0.4) is 0 Å². The highest BCUT2D eigenvalue weighted by molar-refractivity contribution is 6.11. The predicted octanol–water partition coefficient (Wildman–Crippen LogP) is 3.67. The van der Waals surface area contributed by atoms with Crippen LogP contribution < -0.4 is 10.9 Å². The molecule has 146 valence electrons. The number of fused-ring (bicyclic) bond motifs is 1. The van der Waals surface area contributed by atoms with E-state index in [1.807, 2.05) is 31.2 Å². The highest BCUT2D eigenvalue weighted by Gasteiger charge is 2.30. The number of hydrazine groups is 2. The van der Waals surface area contributed by atoms with E-state index >= 15 is 0 Å². The Morgan fingerprint density at radius 1 is 1.14 bits per heavy atom. The zero-order chi connectivity index (χ0) is 20.3. The van der Waals surface area contributed by atoms with E-state index in [9.17, 15) is 14.9 Å². The second-order valence-electron chi connectivity index (χ2n) is 6.22. The molecule has 2 N–H and O–H groups in total. The highest BCUT2D eigenvalue weighted by atomic mass is 16.6. The van der Waals surface area contributed by atoms with Gasteiger partial charge in [0, 0.05) is 19.5 Å². The third-order valence-electron chi connectivity index (χ3n) is 4.53. The van der Waals surface area contributed by atoms with Gasteiger partial charge in [0.2, 0.25) is 0 Å². The van der Waals surface area contributed by atoms with Gasteiger partial charge in [0.25, 0.3) is 5.91 Å². The second-order valence-corrected chi connectivity index (χ2v) is 6.22. The van der Waals surface area contributed by atoms with E-state index in [4.69, 9.17) is 4.42 Å². The molecule has 0 saturated carbocycles. The summed E-state index contributed by atoms with van der Waals surface area (Å²) < 4.78 is 5.69. The van der Waals surface area contributed by atoms with Gasteiger partial charge in [0.05, 0.1) is 5.56 Å². The van der Waals surface area contributed by atoms with Gasteiger partial charge in [0.15, 0.2) is 5.58 Å². The average molecular weight is 382 g/mol. The maximum Gasteiger partial charge on any atom is 0.442 e. The van der Waals surface area contributed by atoms with E-state index in [-0.39, 0.29) is 17.0 Å². The van der Waals surface area contributed by atoms with Crippen molar-refractivity contribution in [3.05, 3.63) is 63.7 Å². The average Bonchev–Trinajstić information content (AvgIpc) is 3.11. The number of nitrogens with one attached hydrogen (secondary N) is 2. The zero-order valence-corrected chi connectivity index (χ0v) is 16.0. The Labute approximate surface area is 162 Å². The molecule has 0 saturated heterocycles. The fourth-order valence-corrected chi connectivity index (χ4v) is 3.34. The van der Waals surface area contributed by atoms with Gasteiger partial charge in [-0.05, 0) is 23.6 Å². The lowest BCUT2D eigenvalue weighted by atomic mass is 9.95. The molecule has 2 aromatic carbocycles. The zero-order valence-electron chi connectivity index (χ0n) is 16.0. The molecule has 0 unspecified atom stereocenters. The van der Waals surface area contributed by atoms with Gasteiger partial charge in [-0.3, -0.25) is 14.9 Å². The van der Waals surface area contributed by atoms with Crippen molar-refractivity contribution in [2.45, 2.75) is 19.8 Å². The molecule has 0 atom stereocenters. The molecule has 0 aliphatic rings. The van der Waals surface area contributed by atoms with Crippen LogP contribution in [0, 0.1) is 10.1 Å². The van der Waals surface area contributed by atoms with Crippen molar-refractivity contribution in [3.63, 3.8) is 0 Å². The standard InChI is InChI=1S/C20H22N4O4/c1-4-8-13-11-12-15(19(25)23(21-2)22-3)18-16(13)17(20(28-18)24(26)27)14-9-6-5-7-10-14/h5-7,9-12,21-22H,4,8H2,1-3H3. The topological polar surface area (TPSA) is 101 Å². The van der Waals surface area contributed by atoms with E-state index < -0.39 is 10.8 Å². The summed E-state index contributed by atoms with van der Waals surface area (Å²) in [6.07, 6.45) is 1.57. The van der Waals surface area contributed by atoms with Gasteiger partial charge in [-0.15, -0.1) is 0 Å². The Morgan fingerprint density at radius 2 is 1.82 bits per heavy atom. The minimum absolute atomic E-state index is 0.219. The van der Waals surface area contributed by atoms with Crippen LogP contribution in [0.5, 0.6) is 0 Å². The first-order chi connectivity index (χ1) is 13.5. The van der Waals surface area contributed by atoms with E-state index in [2.05, 4.69) is 10.9 Å². The molecule has 0 bridgehead atoms. The van der Waals surface area contributed by atoms with E-state index in [1.54, 1.807) is 32.3 Å². The van der Waals surface area contributed by atoms with Crippen LogP contribution in [-0.2, 0) is 6.42 Å². The van der Waals surface area contributed by atoms with Gasteiger partial charge in [-0.2, -0.15) is 0 Å². The minimum atomic E-state index is -0.541. The summed E-state index contributed by atoms with van der Waals surface area (Å²) in [6, 6.07) is 12.6. The number of hydrogen-bond donors (Lipinski definition) is 2. The Bertz CT molecular complexity index is 1010. The molecule has 1 aromatic heterocycles. The largest absolute Gasteiger partial charge is 0.442 e. The van der Waals surface area contributed by atoms with Gasteiger partial charge in [0.1, 0.15) is 10.5 Å². The van der Waals surface area contributed by atoms with Crippen molar-refractivity contribution in [2.24, 2.45) is 0 Å². The van der Waals surface area contributed by atoms with E-state index in [1.165, 1.54) is 5.12 Å². The van der Waals surface area contributed by atoms with Crippen molar-refractivity contribution in [2.75, 3.05) is 14.1 Å². The summed E-state index contributed by atoms with van der Waals surface area (Å²) in [4.78, 5) is 24.1. The Morgan fingerprint density at radius 3 is 2.39 bits per heavy atom. The number of carbonyl (C=O) groups excluding carboxylic acids is 1. The minimum Gasteiger partial charge on any atom is -0.399 e. The molecule has 1 amide bonds. The molecule has 8 heteroatoms. The lowest BCUT2D eigenvalue weighted by Gasteiger charge is -2.19. The molecule has 3 aromatic rings. The summed E-state index contributed by atoms with van der Waals surface area (Å²) in [5.74, 6) is -0.763. The smallest absolute Gasteiger partial charge is 0.399 e. The van der Waals surface area contributed by atoms with E-state index in [0.29, 0.717) is 22.9 Å². The fraction of sp³-hybridized carbons (Fsp3) is 0.250. The number of aryl methyl sites for hydroxylation is 1. The molecule has 3 rings (SSSR count). The van der Waals surface area contributed by atoms with Crippen molar-refractivity contribution in [3.8, 4) is 11.1 Å². The first-order valence-electron chi connectivity index (χ1n) is 9.00. The molecular weight excluding hydrogens is 360 g/mol. The third-order valence-corrected chi connectivity index (χ3v) is 4.53. The molecule has 28 heavy (non-hydrogen) atoms. The van der Waals surface area contributed by atoms with Crippen LogP contribution in [-0.4, -0.2) is 30.0 Å². The first kappa shape index (κ1) is 19.5. The Kier molecular flexibility index (Phi) is 5.72. The van der Waals surface area contributed by atoms with Crippen LogP contribution in [0.2, 0.25) is 0 Å². The number of benzene rings is 2. The molecule has 0 radical (unpaired) electrons. The highest BCUT2D eigenvalue weighted by Crippen LogP contribution is 2.43. The number of rotatable bonds is 7. The molecule has 0 spiro atoms. The maximum atomic E-state index is 12.9. The van der Waals surface area contributed by atoms with Gasteiger partial charge in [-0.1, -0.05) is 49.7 Å². The van der Waals surface area contributed by atoms with Crippen LogP contribution in [0.15, 0.2) is 46.9 Å². The summed E-state index contributed by atoms with van der Waals surface area (Å²) in [5.41, 5.74) is 7.90. The number of furan rings is 1. The SMILES string of the molecule is CCCc1ccc(C(=O)N(NC)NC)c2oc([N+](=O)[O-])c(-c3ccccc3)c12. The molecule has 0 aliphatic carbocycles. The molecule has 0 fully saturated rings. The Balaban J connectivity index is 2.38. The van der Waals surface area contributed by atoms with E-state index in [0.717, 1.165) is 12.0 Å². The fourth-order valence-electron chi connectivity index (χ4n) is 3.34. The second kappa shape index (κ2) is 8.20. The Hall–Kier alpha value is -3.23. The molecule has 8 nitrogen and oxygen atoms in total. The van der Waals surface area contributed by atoms with Gasteiger partial charge in [-0.25, -0.2) is 16.0 Å². The number of carbonyl (C=O) groups is 1. The maximum absolute atomic E-state index is 12.9. The van der Waals surface area contributed by atoms with Gasteiger partial charge >= 0.3 is 5.88 Å². The lowest BCUT2D eigenvalue weighted by Crippen LogP contribution is -2.48. The van der Waals surface area contributed by atoms with Crippen LogP contribution >= 0.6 is 0 Å². The van der Waals surface area contributed by atoms with Crippen LogP contribution in [0.1, 0.15) is 29.3 Å². The quantitative estimate of drug-likeness (QED) is 0.478. The predicted molar refractivity (Wildman–Crippen MR) is 107 cm³/mol. The van der Waals surface area contributed by atoms with Crippen molar-refractivity contribution < 1.29 is 14.1 Å². The molecule has 0 aliphatic heterocycles. The van der Waals surface area contributed by atoms with Crippen molar-refractivity contribution in [1.82, 2.24) is 16.0 Å². The van der Waals surface area contributed by atoms with Crippen LogP contribution in [0.4, 0.5) is 5.88 Å². The van der Waals surface area contributed by atoms with Gasteiger partial charge < -0.3 is 4.42 Å². The molecular formula is C20H22N4O4. The summed E-state index contributed by atoms with van der Waals surface area (Å²) >= 11 is 0. The number of hydrogen-bond acceptors (Lipinski definition) is 6. The number of amides is 1. The molecule has 1 heterocycles. The first-order valence-corrected chi connectivity index (χ1v) is 9.00. The number of nitro groups is 1. The summed E-state index contributed by atoms with van der Waals surface area (Å²) in [5, 5.41) is 13.5. The number of nitrogens with zero attached hydrogens (tertiary/aromatic N) is 2. The lowest BCUT2D eigenvalue weighted by molar-refractivity contribution is -0.400. The normalized spacial score (nSPS) is 11.0. The summed E-state index contributed by atoms with van der Waals surface area (Å²) in [6.45, 7) is 2.03. The van der Waals surface area contributed by atoms with Crippen LogP contribution in [0.25, 0.3) is 22.1 Å². The third kappa shape index (κ3) is 3.35. The van der Waals surface area contributed by atoms with Crippen molar-refractivity contribution >= 4 is 22.8 Å².